The van der Waals surface area contributed by atoms with Crippen molar-refractivity contribution in [2.24, 2.45) is 0 Å². The minimum atomic E-state index is -0.127. The Hall–Kier alpha value is -4.62. The normalized spacial score (nSPS) is 16.3. The molecule has 0 spiro atoms. The molecule has 7 heteroatoms. The van der Waals surface area contributed by atoms with Crippen molar-refractivity contribution in [2.45, 2.75) is 46.7 Å². The number of nitrogens with zero attached hydrogens (tertiary/aromatic N) is 3. The molecule has 3 aromatic carbocycles. The van der Waals surface area contributed by atoms with Crippen LogP contribution in [0.1, 0.15) is 51.4 Å². The molecule has 1 aliphatic heterocycles. The zero-order valence-corrected chi connectivity index (χ0v) is 26.2. The van der Waals surface area contributed by atoms with E-state index >= 15 is 0 Å². The van der Waals surface area contributed by atoms with Crippen molar-refractivity contribution in [2.75, 3.05) is 12.0 Å². The first-order chi connectivity index (χ1) is 20.7. The van der Waals surface area contributed by atoms with Gasteiger partial charge in [-0.2, -0.15) is 0 Å². The van der Waals surface area contributed by atoms with Crippen LogP contribution in [0.5, 0.6) is 17.2 Å². The SMILES string of the molecule is COc1ccc(Oc2ccc(N3C(=S)NC(c4ccccn4)C3c3cc(C)n(-c4c(C)cc(C)cc4C)c3C)cc2)cc1. The zero-order valence-electron chi connectivity index (χ0n) is 25.4. The van der Waals surface area contributed by atoms with Gasteiger partial charge in [0.25, 0.3) is 0 Å². The van der Waals surface area contributed by atoms with E-state index in [0.29, 0.717) is 5.11 Å². The van der Waals surface area contributed by atoms with Gasteiger partial charge in [0.05, 0.1) is 30.6 Å². The van der Waals surface area contributed by atoms with Crippen molar-refractivity contribution >= 4 is 23.0 Å². The lowest BCUT2D eigenvalue weighted by Crippen LogP contribution is -2.29. The number of pyridine rings is 1. The van der Waals surface area contributed by atoms with Crippen molar-refractivity contribution in [3.8, 4) is 22.9 Å². The predicted octanol–water partition coefficient (Wildman–Crippen LogP) is 8.39. The summed E-state index contributed by atoms with van der Waals surface area (Å²) >= 11 is 6.01. The largest absolute Gasteiger partial charge is 0.497 e. The van der Waals surface area contributed by atoms with Gasteiger partial charge in [-0.25, -0.2) is 0 Å². The quantitative estimate of drug-likeness (QED) is 0.193. The molecule has 1 fully saturated rings. The van der Waals surface area contributed by atoms with Crippen LogP contribution in [0.3, 0.4) is 0 Å². The summed E-state index contributed by atoms with van der Waals surface area (Å²) in [6.45, 7) is 10.9. The van der Waals surface area contributed by atoms with Crippen LogP contribution in [0, 0.1) is 34.6 Å². The number of hydrogen-bond donors (Lipinski definition) is 1. The molecule has 2 unspecified atom stereocenters. The number of hydrogen-bond acceptors (Lipinski definition) is 4. The second-order valence-electron chi connectivity index (χ2n) is 11.2. The van der Waals surface area contributed by atoms with Crippen LogP contribution in [0.25, 0.3) is 5.69 Å². The Morgan fingerprint density at radius 1 is 0.791 bits per heavy atom. The van der Waals surface area contributed by atoms with Gasteiger partial charge in [-0.3, -0.25) is 4.98 Å². The van der Waals surface area contributed by atoms with Crippen molar-refractivity contribution in [1.29, 1.82) is 0 Å². The van der Waals surface area contributed by atoms with Crippen molar-refractivity contribution in [3.05, 3.63) is 130 Å². The molecule has 3 heterocycles. The Kier molecular flexibility index (Phi) is 7.67. The van der Waals surface area contributed by atoms with Crippen LogP contribution in [-0.4, -0.2) is 21.8 Å². The first kappa shape index (κ1) is 28.5. The van der Waals surface area contributed by atoms with Crippen molar-refractivity contribution in [3.63, 3.8) is 0 Å². The molecule has 43 heavy (non-hydrogen) atoms. The molecule has 1 N–H and O–H groups in total. The highest BCUT2D eigenvalue weighted by Crippen LogP contribution is 2.44. The molecule has 6 nitrogen and oxygen atoms in total. The van der Waals surface area contributed by atoms with Gasteiger partial charge in [-0.05, 0) is 130 Å². The predicted molar refractivity (Wildman–Crippen MR) is 177 cm³/mol. The van der Waals surface area contributed by atoms with Gasteiger partial charge in [0, 0.05) is 23.3 Å². The number of aryl methyl sites for hydroxylation is 4. The fourth-order valence-electron chi connectivity index (χ4n) is 6.36. The van der Waals surface area contributed by atoms with E-state index in [1.54, 1.807) is 7.11 Å². The van der Waals surface area contributed by atoms with Crippen LogP contribution in [0.2, 0.25) is 0 Å². The van der Waals surface area contributed by atoms with Crippen LogP contribution >= 0.6 is 12.2 Å². The summed E-state index contributed by atoms with van der Waals surface area (Å²) in [6.07, 6.45) is 1.84. The van der Waals surface area contributed by atoms with E-state index in [2.05, 4.69) is 85.8 Å². The molecule has 218 valence electrons. The number of methoxy groups -OCH3 is 1. The molecule has 2 aromatic heterocycles. The van der Waals surface area contributed by atoms with E-state index in [4.69, 9.17) is 26.7 Å². The third kappa shape index (κ3) is 5.37. The average Bonchev–Trinajstić information content (AvgIpc) is 3.49. The number of thiocarbonyl (C=S) groups is 1. The van der Waals surface area contributed by atoms with E-state index in [-0.39, 0.29) is 12.1 Å². The second-order valence-corrected chi connectivity index (χ2v) is 11.6. The van der Waals surface area contributed by atoms with E-state index in [1.807, 2.05) is 54.7 Å². The second kappa shape index (κ2) is 11.6. The summed E-state index contributed by atoms with van der Waals surface area (Å²) in [6, 6.07) is 28.3. The third-order valence-corrected chi connectivity index (χ3v) is 8.47. The third-order valence-electron chi connectivity index (χ3n) is 8.16. The summed E-state index contributed by atoms with van der Waals surface area (Å²) in [5.41, 5.74) is 10.5. The van der Waals surface area contributed by atoms with Gasteiger partial charge in [-0.1, -0.05) is 23.8 Å². The number of aromatic nitrogens is 2. The first-order valence-electron chi connectivity index (χ1n) is 14.4. The Morgan fingerprint density at radius 2 is 1.42 bits per heavy atom. The lowest BCUT2D eigenvalue weighted by atomic mass is 9.96. The summed E-state index contributed by atoms with van der Waals surface area (Å²) in [5.74, 6) is 2.28. The summed E-state index contributed by atoms with van der Waals surface area (Å²) in [7, 11) is 1.65. The fraction of sp³-hybridized carbons (Fsp3) is 0.222. The molecule has 1 aliphatic rings. The van der Waals surface area contributed by atoms with Crippen LogP contribution in [0.15, 0.2) is 91.1 Å². The molecule has 0 radical (unpaired) electrons. The minimum Gasteiger partial charge on any atom is -0.497 e. The van der Waals surface area contributed by atoms with Gasteiger partial charge >= 0.3 is 0 Å². The van der Waals surface area contributed by atoms with E-state index < -0.39 is 0 Å². The maximum atomic E-state index is 6.11. The monoisotopic (exact) mass is 588 g/mol. The lowest BCUT2D eigenvalue weighted by Gasteiger charge is -2.28. The molecule has 6 rings (SSSR count). The van der Waals surface area contributed by atoms with Gasteiger partial charge in [-0.15, -0.1) is 0 Å². The van der Waals surface area contributed by atoms with E-state index in [0.717, 1.165) is 28.6 Å². The Morgan fingerprint density at radius 3 is 2.02 bits per heavy atom. The summed E-state index contributed by atoms with van der Waals surface area (Å²) in [4.78, 5) is 6.96. The number of ether oxygens (including phenoxy) is 2. The highest BCUT2D eigenvalue weighted by atomic mass is 32.1. The molecule has 0 aliphatic carbocycles. The maximum Gasteiger partial charge on any atom is 0.174 e. The van der Waals surface area contributed by atoms with E-state index in [1.165, 1.54) is 39.3 Å². The van der Waals surface area contributed by atoms with Crippen molar-refractivity contribution < 1.29 is 9.47 Å². The maximum absolute atomic E-state index is 6.11. The molecule has 2 atom stereocenters. The van der Waals surface area contributed by atoms with Gasteiger partial charge < -0.3 is 24.3 Å². The standard InChI is InChI=1S/C36H36N4O2S/c1-22-19-23(2)34(24(3)20-22)39-25(4)21-31(26(39)5)35-33(32-9-7-8-18-37-32)38-36(43)40(35)27-10-12-29(13-11-27)42-30-16-14-28(41-6)15-17-30/h7-21,33,35H,1-6H3,(H,38,43). The van der Waals surface area contributed by atoms with Crippen LogP contribution in [-0.2, 0) is 0 Å². The lowest BCUT2D eigenvalue weighted by molar-refractivity contribution is 0.413. The topological polar surface area (TPSA) is 51.6 Å². The highest BCUT2D eigenvalue weighted by molar-refractivity contribution is 7.80. The van der Waals surface area contributed by atoms with E-state index in [9.17, 15) is 0 Å². The molecule has 0 saturated carbocycles. The Labute approximate surface area is 258 Å². The summed E-state index contributed by atoms with van der Waals surface area (Å²) in [5, 5.41) is 4.26. The number of nitrogens with one attached hydrogen (secondary N) is 1. The average molecular weight is 589 g/mol. The zero-order chi connectivity index (χ0) is 30.2. The molecule has 0 amide bonds. The Balaban J connectivity index is 1.41. The van der Waals surface area contributed by atoms with Crippen LogP contribution < -0.4 is 19.7 Å². The fourth-order valence-corrected chi connectivity index (χ4v) is 6.71. The van der Waals surface area contributed by atoms with Gasteiger partial charge in [0.2, 0.25) is 0 Å². The molecular weight excluding hydrogens is 552 g/mol. The highest BCUT2D eigenvalue weighted by Gasteiger charge is 2.42. The molecule has 1 saturated heterocycles. The number of rotatable bonds is 7. The smallest absolute Gasteiger partial charge is 0.174 e. The van der Waals surface area contributed by atoms with Crippen molar-refractivity contribution in [1.82, 2.24) is 14.9 Å². The minimum absolute atomic E-state index is 0.109. The first-order valence-corrected chi connectivity index (χ1v) is 14.9. The molecule has 5 aromatic rings. The van der Waals surface area contributed by atoms with Gasteiger partial charge in [0.15, 0.2) is 5.11 Å². The summed E-state index contributed by atoms with van der Waals surface area (Å²) < 4.78 is 13.8. The Bertz CT molecular complexity index is 1760. The van der Waals surface area contributed by atoms with Crippen LogP contribution in [0.4, 0.5) is 5.69 Å². The molecular formula is C36H36N4O2S. The number of benzene rings is 3. The molecule has 0 bridgehead atoms. The van der Waals surface area contributed by atoms with Gasteiger partial charge in [0.1, 0.15) is 17.2 Å². The number of anilines is 1.